The van der Waals surface area contributed by atoms with Crippen LogP contribution in [0.15, 0.2) is 48.3 Å². The van der Waals surface area contributed by atoms with Crippen LogP contribution in [0.1, 0.15) is 72.6 Å². The summed E-state index contributed by atoms with van der Waals surface area (Å²) < 4.78 is 8.26. The molecule has 0 saturated heterocycles. The molecule has 4 aliphatic carbocycles. The molecular weight excluding hydrogens is 446 g/mol. The molecule has 36 heavy (non-hydrogen) atoms. The minimum absolute atomic E-state index is 0.0266. The summed E-state index contributed by atoms with van der Waals surface area (Å²) in [6, 6.07) is 7.96. The molecule has 6 rings (SSSR count). The van der Waals surface area contributed by atoms with E-state index in [0.717, 1.165) is 37.6 Å². The SMILES string of the molecule is CC(C)C(N)C(=O)OC1CCC2(C)C(=CCC3C2CCC2(C)C(n4cnc5ccccc54)=CCC32)C1. The average Bonchev–Trinajstić information content (AvgIpc) is 3.44. The zero-order chi connectivity index (χ0) is 25.2. The molecule has 0 aliphatic heterocycles. The van der Waals surface area contributed by atoms with Crippen LogP contribution in [-0.4, -0.2) is 27.7 Å². The number of hydrogen-bond acceptors (Lipinski definition) is 4. The number of nitrogens with zero attached hydrogens (tertiary/aromatic N) is 2. The van der Waals surface area contributed by atoms with Crippen LogP contribution in [-0.2, 0) is 9.53 Å². The first kappa shape index (κ1) is 24.0. The summed E-state index contributed by atoms with van der Waals surface area (Å²) in [6.07, 6.45) is 14.8. The lowest BCUT2D eigenvalue weighted by Crippen LogP contribution is -2.50. The Balaban J connectivity index is 1.22. The number of fused-ring (bicyclic) bond motifs is 6. The maximum atomic E-state index is 12.5. The topological polar surface area (TPSA) is 70.1 Å². The Hall–Kier alpha value is -2.40. The molecule has 192 valence electrons. The normalized spacial score (nSPS) is 36.5. The molecule has 0 bridgehead atoms. The van der Waals surface area contributed by atoms with Gasteiger partial charge in [0.2, 0.25) is 0 Å². The number of carbonyl (C=O) groups excluding carboxylic acids is 1. The number of rotatable bonds is 4. The molecule has 4 aliphatic rings. The van der Waals surface area contributed by atoms with E-state index in [4.69, 9.17) is 15.5 Å². The molecule has 0 spiro atoms. The first-order valence-corrected chi connectivity index (χ1v) is 14.0. The van der Waals surface area contributed by atoms with Crippen molar-refractivity contribution < 1.29 is 9.53 Å². The van der Waals surface area contributed by atoms with Gasteiger partial charge in [-0.15, -0.1) is 0 Å². The summed E-state index contributed by atoms with van der Waals surface area (Å²) in [5.74, 6) is 1.94. The highest BCUT2D eigenvalue weighted by atomic mass is 16.5. The van der Waals surface area contributed by atoms with Gasteiger partial charge in [0, 0.05) is 17.5 Å². The fourth-order valence-corrected chi connectivity index (χ4v) is 8.31. The van der Waals surface area contributed by atoms with Crippen molar-refractivity contribution >= 4 is 22.7 Å². The fraction of sp³-hybridized carbons (Fsp3) is 0.613. The summed E-state index contributed by atoms with van der Waals surface area (Å²) in [5, 5.41) is 0. The number of allylic oxidation sites excluding steroid dienone is 3. The lowest BCUT2D eigenvalue weighted by molar-refractivity contribution is -0.154. The van der Waals surface area contributed by atoms with E-state index in [1.54, 1.807) is 0 Å². The lowest BCUT2D eigenvalue weighted by atomic mass is 9.47. The van der Waals surface area contributed by atoms with Crippen molar-refractivity contribution in [1.29, 1.82) is 0 Å². The van der Waals surface area contributed by atoms with E-state index in [2.05, 4.69) is 54.8 Å². The maximum Gasteiger partial charge on any atom is 0.323 e. The average molecular weight is 488 g/mol. The van der Waals surface area contributed by atoms with Gasteiger partial charge in [0.05, 0.1) is 11.0 Å². The van der Waals surface area contributed by atoms with Crippen LogP contribution in [0.5, 0.6) is 0 Å². The third kappa shape index (κ3) is 3.53. The van der Waals surface area contributed by atoms with E-state index >= 15 is 0 Å². The number of hydrogen-bond donors (Lipinski definition) is 1. The molecule has 2 fully saturated rings. The molecule has 1 heterocycles. The molecule has 5 nitrogen and oxygen atoms in total. The monoisotopic (exact) mass is 487 g/mol. The van der Waals surface area contributed by atoms with Gasteiger partial charge in [-0.25, -0.2) is 4.98 Å². The van der Waals surface area contributed by atoms with Gasteiger partial charge in [-0.2, -0.15) is 0 Å². The Morgan fingerprint density at radius 3 is 2.67 bits per heavy atom. The summed E-state index contributed by atoms with van der Waals surface area (Å²) in [4.78, 5) is 17.2. The van der Waals surface area contributed by atoms with E-state index in [1.165, 1.54) is 29.6 Å². The summed E-state index contributed by atoms with van der Waals surface area (Å²) >= 11 is 0. The number of nitrogens with two attached hydrogens (primary N) is 1. The molecule has 1 aromatic carbocycles. The van der Waals surface area contributed by atoms with Crippen molar-refractivity contribution in [3.63, 3.8) is 0 Å². The highest BCUT2D eigenvalue weighted by Crippen LogP contribution is 2.65. The van der Waals surface area contributed by atoms with Gasteiger partial charge in [0.25, 0.3) is 0 Å². The molecule has 2 aromatic rings. The molecule has 1 aromatic heterocycles. The number of benzene rings is 1. The highest BCUT2D eigenvalue weighted by molar-refractivity contribution is 5.80. The van der Waals surface area contributed by atoms with Gasteiger partial charge in [-0.1, -0.05) is 57.6 Å². The summed E-state index contributed by atoms with van der Waals surface area (Å²) in [5.41, 5.74) is 11.7. The van der Waals surface area contributed by atoms with Crippen molar-refractivity contribution in [3.8, 4) is 0 Å². The third-order valence-electron chi connectivity index (χ3n) is 10.6. The van der Waals surface area contributed by atoms with Crippen molar-refractivity contribution in [1.82, 2.24) is 9.55 Å². The van der Waals surface area contributed by atoms with Gasteiger partial charge >= 0.3 is 5.97 Å². The largest absolute Gasteiger partial charge is 0.461 e. The number of esters is 1. The predicted octanol–water partition coefficient (Wildman–Crippen LogP) is 6.35. The quantitative estimate of drug-likeness (QED) is 0.403. The van der Waals surface area contributed by atoms with E-state index in [-0.39, 0.29) is 28.8 Å². The van der Waals surface area contributed by atoms with Crippen LogP contribution in [0.4, 0.5) is 0 Å². The predicted molar refractivity (Wildman–Crippen MR) is 144 cm³/mol. The summed E-state index contributed by atoms with van der Waals surface area (Å²) in [6.45, 7) is 8.96. The molecule has 2 N–H and O–H groups in total. The number of imidazole rings is 1. The van der Waals surface area contributed by atoms with Crippen LogP contribution >= 0.6 is 0 Å². The van der Waals surface area contributed by atoms with Gasteiger partial charge in [-0.05, 0) is 79.7 Å². The second-order valence-electron chi connectivity index (χ2n) is 12.7. The smallest absolute Gasteiger partial charge is 0.323 e. The molecule has 2 saturated carbocycles. The standard InChI is InChI=1S/C31H41N3O2/c1-19(2)28(32)29(35)36-21-13-15-30(3)20(17-21)9-10-22-23-11-12-27(31(23,4)16-14-24(22)30)34-18-33-25-7-5-6-8-26(25)34/h5-9,12,18-19,21-24,28H,10-11,13-17,32H2,1-4H3. The van der Waals surface area contributed by atoms with Crippen LogP contribution in [0.2, 0.25) is 0 Å². The van der Waals surface area contributed by atoms with E-state index in [1.807, 2.05) is 20.2 Å². The molecular formula is C31H41N3O2. The molecule has 7 atom stereocenters. The highest BCUT2D eigenvalue weighted by Gasteiger charge is 2.57. The first-order valence-electron chi connectivity index (χ1n) is 14.0. The van der Waals surface area contributed by atoms with Gasteiger partial charge in [0.1, 0.15) is 18.5 Å². The van der Waals surface area contributed by atoms with Gasteiger partial charge in [0.15, 0.2) is 0 Å². The fourth-order valence-electron chi connectivity index (χ4n) is 8.31. The number of aromatic nitrogens is 2. The zero-order valence-electron chi connectivity index (χ0n) is 22.2. The van der Waals surface area contributed by atoms with Crippen molar-refractivity contribution in [2.75, 3.05) is 0 Å². The lowest BCUT2D eigenvalue weighted by Gasteiger charge is -2.57. The number of ether oxygens (including phenoxy) is 1. The Morgan fingerprint density at radius 1 is 1.08 bits per heavy atom. The van der Waals surface area contributed by atoms with Crippen LogP contribution < -0.4 is 5.73 Å². The molecule has 7 unspecified atom stereocenters. The Bertz CT molecular complexity index is 1240. The Morgan fingerprint density at radius 2 is 1.86 bits per heavy atom. The zero-order valence-corrected chi connectivity index (χ0v) is 22.2. The van der Waals surface area contributed by atoms with Crippen LogP contribution in [0, 0.1) is 34.5 Å². The van der Waals surface area contributed by atoms with E-state index < -0.39 is 6.04 Å². The second kappa shape index (κ2) is 8.58. The van der Waals surface area contributed by atoms with Crippen LogP contribution in [0.3, 0.4) is 0 Å². The van der Waals surface area contributed by atoms with Crippen molar-refractivity contribution in [2.24, 2.45) is 40.2 Å². The minimum Gasteiger partial charge on any atom is -0.461 e. The molecule has 0 amide bonds. The summed E-state index contributed by atoms with van der Waals surface area (Å²) in [7, 11) is 0. The second-order valence-corrected chi connectivity index (χ2v) is 12.7. The van der Waals surface area contributed by atoms with Gasteiger partial charge < -0.3 is 15.0 Å². The van der Waals surface area contributed by atoms with Crippen LogP contribution in [0.25, 0.3) is 16.7 Å². The van der Waals surface area contributed by atoms with Gasteiger partial charge in [-0.3, -0.25) is 4.79 Å². The van der Waals surface area contributed by atoms with E-state index in [0.29, 0.717) is 17.8 Å². The minimum atomic E-state index is -0.532. The number of carbonyl (C=O) groups is 1. The molecule has 0 radical (unpaired) electrons. The first-order chi connectivity index (χ1) is 17.2. The third-order valence-corrected chi connectivity index (χ3v) is 10.6. The Kier molecular flexibility index (Phi) is 5.71. The Labute approximate surface area is 215 Å². The van der Waals surface area contributed by atoms with Crippen molar-refractivity contribution in [2.45, 2.75) is 84.8 Å². The van der Waals surface area contributed by atoms with E-state index in [9.17, 15) is 4.79 Å². The molecule has 5 heteroatoms. The van der Waals surface area contributed by atoms with Crippen molar-refractivity contribution in [3.05, 3.63) is 48.3 Å². The maximum absolute atomic E-state index is 12.5. The number of para-hydroxylation sites is 2.